The second-order valence-electron chi connectivity index (χ2n) is 5.61. The summed E-state index contributed by atoms with van der Waals surface area (Å²) in [6.07, 6.45) is 7.65. The van der Waals surface area contributed by atoms with Gasteiger partial charge in [-0.15, -0.1) is 11.8 Å². The van der Waals surface area contributed by atoms with Crippen molar-refractivity contribution in [3.63, 3.8) is 0 Å². The molecule has 3 nitrogen and oxygen atoms in total. The molecule has 0 aromatic carbocycles. The molecule has 1 rings (SSSR count). The number of hydrogen-bond donors (Lipinski definition) is 2. The lowest BCUT2D eigenvalue weighted by atomic mass is 10.0. The van der Waals surface area contributed by atoms with E-state index in [-0.39, 0.29) is 23.4 Å². The Bertz CT molecular complexity index is 333. The number of unbranched alkanes of at least 4 members (excludes halogenated alkanes) is 2. The Hall–Kier alpha value is 0.0300. The van der Waals surface area contributed by atoms with Gasteiger partial charge < -0.3 is 10.2 Å². The highest BCUT2D eigenvalue weighted by atomic mass is 32.2. The number of carbonyl (C=O) groups excluding carboxylic acids is 1. The van der Waals surface area contributed by atoms with Gasteiger partial charge in [-0.2, -0.15) is 0 Å². The Morgan fingerprint density at radius 2 is 2.19 bits per heavy atom. The van der Waals surface area contributed by atoms with Gasteiger partial charge in [0.2, 0.25) is 0 Å². The van der Waals surface area contributed by atoms with Crippen LogP contribution in [0.1, 0.15) is 45.4 Å². The van der Waals surface area contributed by atoms with E-state index in [1.54, 1.807) is 17.8 Å². The lowest BCUT2D eigenvalue weighted by Crippen LogP contribution is -2.22. The predicted octanol–water partition coefficient (Wildman–Crippen LogP) is 3.12. The van der Waals surface area contributed by atoms with Crippen molar-refractivity contribution >= 4 is 30.2 Å². The molecular formula is C16H27O3S2. The largest absolute Gasteiger partial charge is 0.392 e. The van der Waals surface area contributed by atoms with Crippen LogP contribution >= 0.6 is 24.4 Å². The Kier molecular flexibility index (Phi) is 9.73. The van der Waals surface area contributed by atoms with Gasteiger partial charge in [-0.25, -0.2) is 0 Å². The Balaban J connectivity index is 2.49. The quantitative estimate of drug-likeness (QED) is 0.477. The Morgan fingerprint density at radius 3 is 2.86 bits per heavy atom. The SMILES string of the molecule is CCCCC[C@H](O)/C=C/C1C(O)CC(=O)[C@@H]1SCCC[S]. The maximum Gasteiger partial charge on any atom is 0.149 e. The predicted molar refractivity (Wildman–Crippen MR) is 91.7 cm³/mol. The van der Waals surface area contributed by atoms with Gasteiger partial charge in [0.15, 0.2) is 0 Å². The van der Waals surface area contributed by atoms with E-state index in [1.807, 2.05) is 6.08 Å². The number of hydrogen-bond acceptors (Lipinski definition) is 4. The van der Waals surface area contributed by atoms with Crippen molar-refractivity contribution in [2.45, 2.75) is 62.9 Å². The Labute approximate surface area is 138 Å². The maximum absolute atomic E-state index is 11.9. The van der Waals surface area contributed by atoms with Gasteiger partial charge in [0.05, 0.1) is 17.5 Å². The zero-order valence-electron chi connectivity index (χ0n) is 12.7. The van der Waals surface area contributed by atoms with Crippen LogP contribution in [0.15, 0.2) is 12.2 Å². The fourth-order valence-electron chi connectivity index (χ4n) is 2.53. The van der Waals surface area contributed by atoms with Gasteiger partial charge in [-0.05, 0) is 18.6 Å². The van der Waals surface area contributed by atoms with E-state index in [1.165, 1.54) is 0 Å². The smallest absolute Gasteiger partial charge is 0.149 e. The van der Waals surface area contributed by atoms with E-state index >= 15 is 0 Å². The van der Waals surface area contributed by atoms with Crippen LogP contribution in [-0.2, 0) is 4.79 Å². The minimum atomic E-state index is -0.613. The standard InChI is InChI=1S/C16H27O3S2/c1-2-3-4-6-12(17)7-8-13-14(18)11-15(19)16(13)21-10-5-9-20/h7-8,12-14,16-18H,2-6,9-11H2,1H3/b8-7+/t12-,13?,14?,16+/m0/s1. The zero-order chi connectivity index (χ0) is 15.7. The molecule has 1 aliphatic carbocycles. The second-order valence-corrected chi connectivity index (χ2v) is 7.27. The first-order valence-electron chi connectivity index (χ1n) is 7.87. The van der Waals surface area contributed by atoms with E-state index in [9.17, 15) is 15.0 Å². The van der Waals surface area contributed by atoms with Gasteiger partial charge >= 0.3 is 0 Å². The average molecular weight is 332 g/mol. The molecule has 0 aromatic heterocycles. The van der Waals surface area contributed by atoms with Crippen LogP contribution < -0.4 is 0 Å². The molecule has 5 heteroatoms. The van der Waals surface area contributed by atoms with Crippen molar-refractivity contribution in [3.05, 3.63) is 12.2 Å². The number of aliphatic hydroxyl groups is 2. The third kappa shape index (κ3) is 6.76. The topological polar surface area (TPSA) is 57.5 Å². The normalized spacial score (nSPS) is 27.6. The van der Waals surface area contributed by atoms with E-state index in [2.05, 4.69) is 6.92 Å². The van der Waals surface area contributed by atoms with E-state index in [0.29, 0.717) is 5.75 Å². The molecule has 1 fully saturated rings. The maximum atomic E-state index is 11.9. The average Bonchev–Trinajstić information content (AvgIpc) is 2.71. The summed E-state index contributed by atoms with van der Waals surface area (Å²) in [7, 11) is 0. The van der Waals surface area contributed by atoms with Crippen LogP contribution in [0.25, 0.3) is 0 Å². The molecule has 0 heterocycles. The number of aliphatic hydroxyl groups excluding tert-OH is 2. The van der Waals surface area contributed by atoms with Gasteiger partial charge in [0, 0.05) is 18.1 Å². The molecule has 0 amide bonds. The lowest BCUT2D eigenvalue weighted by Gasteiger charge is -2.17. The molecule has 21 heavy (non-hydrogen) atoms. The summed E-state index contributed by atoms with van der Waals surface area (Å²) in [5.74, 6) is 1.50. The first-order chi connectivity index (χ1) is 10.1. The van der Waals surface area contributed by atoms with E-state index in [4.69, 9.17) is 12.6 Å². The van der Waals surface area contributed by atoms with E-state index < -0.39 is 12.2 Å². The third-order valence-electron chi connectivity index (χ3n) is 3.77. The summed E-state index contributed by atoms with van der Waals surface area (Å²) in [6, 6.07) is 0. The van der Waals surface area contributed by atoms with Crippen LogP contribution in [0.3, 0.4) is 0 Å². The summed E-state index contributed by atoms with van der Waals surface area (Å²) in [5.41, 5.74) is 0. The minimum absolute atomic E-state index is 0.118. The van der Waals surface area contributed by atoms with Crippen molar-refractivity contribution in [2.24, 2.45) is 5.92 Å². The van der Waals surface area contributed by atoms with Gasteiger partial charge in [-0.3, -0.25) is 4.79 Å². The summed E-state index contributed by atoms with van der Waals surface area (Å²) >= 11 is 6.51. The second kappa shape index (κ2) is 10.7. The molecule has 0 spiro atoms. The molecule has 0 saturated heterocycles. The fraction of sp³-hybridized carbons (Fsp3) is 0.812. The van der Waals surface area contributed by atoms with Crippen LogP contribution in [0, 0.1) is 5.92 Å². The Morgan fingerprint density at radius 1 is 1.43 bits per heavy atom. The monoisotopic (exact) mass is 331 g/mol. The molecule has 0 aromatic rings. The lowest BCUT2D eigenvalue weighted by molar-refractivity contribution is -0.117. The van der Waals surface area contributed by atoms with Gasteiger partial charge in [0.25, 0.3) is 0 Å². The van der Waals surface area contributed by atoms with Crippen LogP contribution in [-0.4, -0.2) is 45.0 Å². The molecule has 4 atom stereocenters. The number of thioether (sulfide) groups is 1. The molecule has 1 saturated carbocycles. The summed E-state index contributed by atoms with van der Waals surface area (Å²) < 4.78 is 0. The first kappa shape index (κ1) is 19.1. The highest BCUT2D eigenvalue weighted by Gasteiger charge is 2.40. The van der Waals surface area contributed by atoms with Gasteiger partial charge in [0.1, 0.15) is 5.78 Å². The molecule has 1 radical (unpaired) electrons. The number of Topliss-reactive ketones (excluding diaryl/α,β-unsaturated/α-hetero) is 1. The molecule has 2 N–H and O–H groups in total. The van der Waals surface area contributed by atoms with Crippen molar-refractivity contribution in [1.29, 1.82) is 0 Å². The van der Waals surface area contributed by atoms with Crippen molar-refractivity contribution in [1.82, 2.24) is 0 Å². The van der Waals surface area contributed by atoms with Crippen LogP contribution in [0.2, 0.25) is 0 Å². The highest BCUT2D eigenvalue weighted by molar-refractivity contribution is 8.00. The summed E-state index contributed by atoms with van der Waals surface area (Å²) in [5, 5.41) is 19.8. The van der Waals surface area contributed by atoms with E-state index in [0.717, 1.165) is 37.9 Å². The molecule has 0 bridgehead atoms. The molecule has 121 valence electrons. The molecule has 1 aliphatic rings. The number of rotatable bonds is 10. The van der Waals surface area contributed by atoms with Gasteiger partial charge in [-0.1, -0.05) is 51.0 Å². The number of ketones is 1. The fourth-order valence-corrected chi connectivity index (χ4v) is 4.20. The van der Waals surface area contributed by atoms with Crippen LogP contribution in [0.4, 0.5) is 0 Å². The van der Waals surface area contributed by atoms with Crippen LogP contribution in [0.5, 0.6) is 0 Å². The molecular weight excluding hydrogens is 304 g/mol. The molecule has 0 aliphatic heterocycles. The van der Waals surface area contributed by atoms with Crippen molar-refractivity contribution in [2.75, 3.05) is 11.5 Å². The summed E-state index contributed by atoms with van der Waals surface area (Å²) in [4.78, 5) is 11.9. The van der Waals surface area contributed by atoms with Crippen molar-refractivity contribution < 1.29 is 15.0 Å². The minimum Gasteiger partial charge on any atom is -0.392 e. The highest BCUT2D eigenvalue weighted by Crippen LogP contribution is 2.34. The third-order valence-corrected chi connectivity index (χ3v) is 5.52. The van der Waals surface area contributed by atoms with Crippen molar-refractivity contribution in [3.8, 4) is 0 Å². The first-order valence-corrected chi connectivity index (χ1v) is 9.49. The number of carbonyl (C=O) groups is 1. The molecule has 2 unspecified atom stereocenters. The zero-order valence-corrected chi connectivity index (χ0v) is 14.4. The summed E-state index contributed by atoms with van der Waals surface area (Å²) in [6.45, 7) is 2.13.